The van der Waals surface area contributed by atoms with Gasteiger partial charge in [-0.05, 0) is 37.3 Å². The highest BCUT2D eigenvalue weighted by Gasteiger charge is 2.26. The molecule has 1 amide bonds. The topological polar surface area (TPSA) is 38.8 Å². The normalized spacial score (nSPS) is 15.6. The van der Waals surface area contributed by atoms with Gasteiger partial charge in [0.2, 0.25) is 0 Å². The number of hydrogen-bond acceptors (Lipinski definition) is 4. The van der Waals surface area contributed by atoms with Crippen LogP contribution < -0.4 is 5.32 Å². The quantitative estimate of drug-likeness (QED) is 0.0851. The van der Waals surface area contributed by atoms with Crippen molar-refractivity contribution in [3.8, 4) is 12.8 Å². The van der Waals surface area contributed by atoms with Crippen LogP contribution in [0.5, 0.6) is 0 Å². The monoisotopic (exact) mass is 564 g/mol. The van der Waals surface area contributed by atoms with E-state index in [0.717, 1.165) is 75.1 Å². The van der Waals surface area contributed by atoms with Gasteiger partial charge in [0.1, 0.15) is 5.70 Å². The molecule has 5 nitrogen and oxygen atoms in total. The van der Waals surface area contributed by atoms with E-state index in [4.69, 9.17) is 0 Å². The third-order valence-corrected chi connectivity index (χ3v) is 7.72. The van der Waals surface area contributed by atoms with Crippen LogP contribution in [-0.2, 0) is 4.79 Å². The van der Waals surface area contributed by atoms with Gasteiger partial charge in [0.05, 0.1) is 5.70 Å². The molecule has 0 bridgehead atoms. The minimum Gasteiger partial charge on any atom is -0.369 e. The number of terminal acetylenes is 1. The highest BCUT2D eigenvalue weighted by Crippen LogP contribution is 2.25. The van der Waals surface area contributed by atoms with Crippen molar-refractivity contribution in [3.63, 3.8) is 0 Å². The van der Waals surface area contributed by atoms with Gasteiger partial charge in [-0.3, -0.25) is 4.79 Å². The molecule has 1 atom stereocenters. The summed E-state index contributed by atoms with van der Waals surface area (Å²) in [4.78, 5) is 20.3. The molecule has 1 aliphatic heterocycles. The summed E-state index contributed by atoms with van der Waals surface area (Å²) in [5, 5.41) is 3.23. The summed E-state index contributed by atoms with van der Waals surface area (Å²) in [5.41, 5.74) is 4.14. The first-order valence-corrected chi connectivity index (χ1v) is 15.9. The molecule has 2 rings (SSSR count). The third-order valence-electron chi connectivity index (χ3n) is 7.72. The van der Waals surface area contributed by atoms with Crippen LogP contribution in [0, 0.1) is 18.8 Å². The number of nitrogens with one attached hydrogen (secondary N) is 1. The molecule has 0 aromatic carbocycles. The molecule has 0 radical (unpaired) electrons. The smallest absolute Gasteiger partial charge is 0.269 e. The molecule has 1 N–H and O–H groups in total. The van der Waals surface area contributed by atoms with E-state index in [9.17, 15) is 4.79 Å². The number of carbonyl (C=O) groups excluding carboxylic acids is 1. The average Bonchev–Trinajstić information content (AvgIpc) is 3.57. The Labute approximate surface area is 253 Å². The molecule has 2 aliphatic rings. The van der Waals surface area contributed by atoms with Crippen LogP contribution >= 0.6 is 0 Å². The average molecular weight is 565 g/mol. The molecular weight excluding hydrogens is 504 g/mol. The second-order valence-electron chi connectivity index (χ2n) is 10.3. The first kappa shape index (κ1) is 37.9. The molecule has 1 unspecified atom stereocenters. The summed E-state index contributed by atoms with van der Waals surface area (Å²) in [7, 11) is 2.01. The Kier molecular flexibility index (Phi) is 21.8. The first-order chi connectivity index (χ1) is 20.0. The Morgan fingerprint density at radius 3 is 2.24 bits per heavy atom. The maximum Gasteiger partial charge on any atom is 0.269 e. The van der Waals surface area contributed by atoms with E-state index in [2.05, 4.69) is 85.0 Å². The number of unbranched alkanes of at least 4 members (excludes halogenated alkanes) is 2. The van der Waals surface area contributed by atoms with Crippen molar-refractivity contribution in [3.05, 3.63) is 72.3 Å². The van der Waals surface area contributed by atoms with E-state index in [1.807, 2.05) is 33.0 Å². The zero-order valence-electron chi connectivity index (χ0n) is 27.3. The van der Waals surface area contributed by atoms with Gasteiger partial charge in [-0.1, -0.05) is 110 Å². The molecule has 0 spiro atoms. The molecule has 0 saturated carbocycles. The molecule has 0 aromatic rings. The molecule has 0 aromatic heterocycles. The molecule has 41 heavy (non-hydrogen) atoms. The summed E-state index contributed by atoms with van der Waals surface area (Å²) in [6, 6.07) is 0. The Bertz CT molecular complexity index is 900. The number of allylic oxidation sites excluding steroid dienone is 7. The lowest BCUT2D eigenvalue weighted by Gasteiger charge is -2.40. The standard InChI is InChI=1S/C32H52N4O.C2H6.C2H2/c1-7-11-17-28(9-3)18-15-16-22-33-32(37)31(34(6)10-4)30(21-12-8-2)36-25-23-35(24-26-36)27(5)29-19-13-14-20-29;2*1-2/h8,12-14,19,21,28H,2,5,7,9-11,15-18,20,22-26H2,1,3-4,6H3,(H,33,37);1-2H3;1-2H/b21-12+,31-30-;;. The van der Waals surface area contributed by atoms with Crippen LogP contribution in [0.3, 0.4) is 0 Å². The largest absolute Gasteiger partial charge is 0.369 e. The van der Waals surface area contributed by atoms with Crippen LogP contribution in [0.2, 0.25) is 0 Å². The van der Waals surface area contributed by atoms with Crippen molar-refractivity contribution in [2.75, 3.05) is 46.3 Å². The number of likely N-dealkylation sites (N-methyl/N-ethyl adjacent to an activating group) is 1. The minimum absolute atomic E-state index is 0.0140. The van der Waals surface area contributed by atoms with Crippen molar-refractivity contribution in [2.45, 2.75) is 86.0 Å². The number of rotatable bonds is 17. The maximum atomic E-state index is 13.5. The molecule has 1 fully saturated rings. The van der Waals surface area contributed by atoms with Gasteiger partial charge in [-0.25, -0.2) is 0 Å². The second kappa shape index (κ2) is 23.6. The number of carbonyl (C=O) groups is 1. The fraction of sp³-hybridized carbons (Fsp3) is 0.583. The van der Waals surface area contributed by atoms with Gasteiger partial charge in [0.25, 0.3) is 5.91 Å². The summed E-state index contributed by atoms with van der Waals surface area (Å²) >= 11 is 0. The summed E-state index contributed by atoms with van der Waals surface area (Å²) in [6.07, 6.45) is 29.8. The SMILES string of the molecule is C#C.C=C/C=C/C(=C(\C(=O)NCCCCC(CC)CCCC)N(C)CC)N1CCN(C(=C)C2=CC=CC2)CC1.CC. The Morgan fingerprint density at radius 2 is 1.71 bits per heavy atom. The predicted molar refractivity (Wildman–Crippen MR) is 180 cm³/mol. The number of nitrogens with zero attached hydrogens (tertiary/aromatic N) is 3. The van der Waals surface area contributed by atoms with Crippen molar-refractivity contribution in [1.29, 1.82) is 0 Å². The first-order valence-electron chi connectivity index (χ1n) is 15.9. The maximum absolute atomic E-state index is 13.5. The van der Waals surface area contributed by atoms with Gasteiger partial charge < -0.3 is 20.0 Å². The van der Waals surface area contributed by atoms with E-state index in [0.29, 0.717) is 0 Å². The van der Waals surface area contributed by atoms with Gasteiger partial charge in [0, 0.05) is 52.0 Å². The number of amides is 1. The number of piperazine rings is 1. The zero-order chi connectivity index (χ0) is 31.0. The van der Waals surface area contributed by atoms with Gasteiger partial charge in [-0.15, -0.1) is 12.8 Å². The molecular formula is C36H60N4O. The van der Waals surface area contributed by atoms with E-state index >= 15 is 0 Å². The van der Waals surface area contributed by atoms with Crippen LogP contribution in [0.15, 0.2) is 72.3 Å². The summed E-state index contributed by atoms with van der Waals surface area (Å²) < 4.78 is 0. The lowest BCUT2D eigenvalue weighted by Crippen LogP contribution is -2.47. The lowest BCUT2D eigenvalue weighted by molar-refractivity contribution is -0.119. The fourth-order valence-electron chi connectivity index (χ4n) is 5.11. The van der Waals surface area contributed by atoms with Crippen LogP contribution in [0.4, 0.5) is 0 Å². The summed E-state index contributed by atoms with van der Waals surface area (Å²) in [5.74, 6) is 0.837. The predicted octanol–water partition coefficient (Wildman–Crippen LogP) is 7.69. The van der Waals surface area contributed by atoms with E-state index in [1.54, 1.807) is 6.08 Å². The second-order valence-corrected chi connectivity index (χ2v) is 10.3. The van der Waals surface area contributed by atoms with Crippen molar-refractivity contribution in [1.82, 2.24) is 20.0 Å². The van der Waals surface area contributed by atoms with Crippen molar-refractivity contribution < 1.29 is 4.79 Å². The van der Waals surface area contributed by atoms with Gasteiger partial charge in [-0.2, -0.15) is 0 Å². The lowest BCUT2D eigenvalue weighted by atomic mass is 9.94. The molecule has 1 aliphatic carbocycles. The Hall–Kier alpha value is -3.13. The van der Waals surface area contributed by atoms with Crippen LogP contribution in [0.25, 0.3) is 0 Å². The highest BCUT2D eigenvalue weighted by atomic mass is 16.2. The zero-order valence-corrected chi connectivity index (χ0v) is 27.3. The van der Waals surface area contributed by atoms with Crippen LogP contribution in [-0.4, -0.2) is 66.9 Å². The van der Waals surface area contributed by atoms with Crippen molar-refractivity contribution >= 4 is 5.91 Å². The molecule has 230 valence electrons. The highest BCUT2D eigenvalue weighted by molar-refractivity contribution is 5.94. The fourth-order valence-corrected chi connectivity index (χ4v) is 5.11. The third kappa shape index (κ3) is 13.4. The molecule has 1 saturated heterocycles. The Balaban J connectivity index is 0.00000382. The minimum atomic E-state index is 0.0140. The van der Waals surface area contributed by atoms with E-state index in [-0.39, 0.29) is 5.91 Å². The summed E-state index contributed by atoms with van der Waals surface area (Å²) in [6.45, 7) is 23.8. The van der Waals surface area contributed by atoms with Crippen molar-refractivity contribution in [2.24, 2.45) is 5.92 Å². The molecule has 5 heteroatoms. The molecule has 1 heterocycles. The Morgan fingerprint density at radius 1 is 1.07 bits per heavy atom. The number of hydrogen-bond donors (Lipinski definition) is 1. The van der Waals surface area contributed by atoms with Crippen LogP contribution in [0.1, 0.15) is 86.0 Å². The van der Waals surface area contributed by atoms with E-state index < -0.39 is 0 Å². The van der Waals surface area contributed by atoms with Gasteiger partial charge >= 0.3 is 0 Å². The van der Waals surface area contributed by atoms with E-state index in [1.165, 1.54) is 44.1 Å². The van der Waals surface area contributed by atoms with Gasteiger partial charge in [0.15, 0.2) is 0 Å².